The van der Waals surface area contributed by atoms with Crippen LogP contribution in [0.2, 0.25) is 0 Å². The number of nitrogens with two attached hydrogens (primary N) is 1. The third-order valence-corrected chi connectivity index (χ3v) is 3.06. The Morgan fingerprint density at radius 1 is 1.06 bits per heavy atom. The van der Waals surface area contributed by atoms with Gasteiger partial charge in [-0.1, -0.05) is 56.3 Å². The molecule has 2 aromatic rings. The number of carbonyl (C=O) groups excluding carboxylic acids is 1. The Bertz CT molecular complexity index is 573. The number of hydrogen-bond donors (Lipinski definition) is 1. The summed E-state index contributed by atoms with van der Waals surface area (Å²) < 4.78 is 0. The number of rotatable bonds is 3. The minimum atomic E-state index is -0.388. The molecule has 0 bridgehead atoms. The third-order valence-electron chi connectivity index (χ3n) is 3.06. The lowest BCUT2D eigenvalue weighted by Crippen LogP contribution is -2.12. The topological polar surface area (TPSA) is 43.1 Å². The lowest BCUT2D eigenvalue weighted by atomic mass is 9.94. The van der Waals surface area contributed by atoms with E-state index in [0.717, 1.165) is 11.1 Å². The van der Waals surface area contributed by atoms with Crippen LogP contribution in [0.25, 0.3) is 11.1 Å². The first-order valence-electron chi connectivity index (χ1n) is 6.08. The van der Waals surface area contributed by atoms with E-state index in [2.05, 4.69) is 26.0 Å². The van der Waals surface area contributed by atoms with Crippen LogP contribution in [-0.2, 0) is 0 Å². The SMILES string of the molecule is CC(C)c1cccc(-c2ccccc2C(N)=O)c1. The molecule has 1 amide bonds. The quantitative estimate of drug-likeness (QED) is 0.874. The maximum absolute atomic E-state index is 11.4. The van der Waals surface area contributed by atoms with Gasteiger partial charge in [0.25, 0.3) is 0 Å². The van der Waals surface area contributed by atoms with Crippen LogP contribution in [0.4, 0.5) is 0 Å². The molecule has 92 valence electrons. The number of carbonyl (C=O) groups is 1. The van der Waals surface area contributed by atoms with E-state index in [-0.39, 0.29) is 5.91 Å². The maximum atomic E-state index is 11.4. The van der Waals surface area contributed by atoms with Gasteiger partial charge in [-0.3, -0.25) is 4.79 Å². The monoisotopic (exact) mass is 239 g/mol. The minimum Gasteiger partial charge on any atom is -0.366 e. The first kappa shape index (κ1) is 12.4. The lowest BCUT2D eigenvalue weighted by molar-refractivity contribution is 0.100. The van der Waals surface area contributed by atoms with Crippen LogP contribution in [0.5, 0.6) is 0 Å². The van der Waals surface area contributed by atoms with Gasteiger partial charge in [-0.05, 0) is 28.7 Å². The van der Waals surface area contributed by atoms with Crippen LogP contribution < -0.4 is 5.73 Å². The highest BCUT2D eigenvalue weighted by atomic mass is 16.1. The number of amides is 1. The number of benzene rings is 2. The summed E-state index contributed by atoms with van der Waals surface area (Å²) in [5.74, 6) is 0.0752. The van der Waals surface area contributed by atoms with Crippen LogP contribution in [0.15, 0.2) is 48.5 Å². The third kappa shape index (κ3) is 2.43. The first-order valence-corrected chi connectivity index (χ1v) is 6.08. The second kappa shape index (κ2) is 5.05. The molecule has 2 rings (SSSR count). The molecule has 0 radical (unpaired) electrons. The summed E-state index contributed by atoms with van der Waals surface area (Å²) in [6, 6.07) is 15.7. The highest BCUT2D eigenvalue weighted by Gasteiger charge is 2.09. The molecule has 0 aliphatic rings. The number of primary amides is 1. The van der Waals surface area contributed by atoms with Gasteiger partial charge >= 0.3 is 0 Å². The fourth-order valence-electron chi connectivity index (χ4n) is 2.02. The van der Waals surface area contributed by atoms with Crippen molar-refractivity contribution in [2.45, 2.75) is 19.8 Å². The average Bonchev–Trinajstić information content (AvgIpc) is 2.39. The molecule has 0 atom stereocenters. The Morgan fingerprint density at radius 2 is 1.78 bits per heavy atom. The molecule has 18 heavy (non-hydrogen) atoms. The van der Waals surface area contributed by atoms with E-state index in [4.69, 9.17) is 5.73 Å². The van der Waals surface area contributed by atoms with E-state index in [9.17, 15) is 4.79 Å². The van der Waals surface area contributed by atoms with Crippen molar-refractivity contribution < 1.29 is 4.79 Å². The van der Waals surface area contributed by atoms with Crippen molar-refractivity contribution in [2.24, 2.45) is 5.73 Å². The van der Waals surface area contributed by atoms with Gasteiger partial charge in [-0.2, -0.15) is 0 Å². The normalized spacial score (nSPS) is 10.6. The fourth-order valence-corrected chi connectivity index (χ4v) is 2.02. The second-order valence-corrected chi connectivity index (χ2v) is 4.69. The second-order valence-electron chi connectivity index (χ2n) is 4.69. The summed E-state index contributed by atoms with van der Waals surface area (Å²) in [6.45, 7) is 4.30. The van der Waals surface area contributed by atoms with Gasteiger partial charge < -0.3 is 5.73 Å². The Morgan fingerprint density at radius 3 is 2.44 bits per heavy atom. The molecule has 0 aromatic heterocycles. The highest BCUT2D eigenvalue weighted by molar-refractivity contribution is 5.99. The molecule has 0 saturated carbocycles. The average molecular weight is 239 g/mol. The van der Waals surface area contributed by atoms with Gasteiger partial charge in [-0.25, -0.2) is 0 Å². The van der Waals surface area contributed by atoms with E-state index in [1.165, 1.54) is 5.56 Å². The molecule has 0 saturated heterocycles. The van der Waals surface area contributed by atoms with Gasteiger partial charge in [0.2, 0.25) is 5.91 Å². The van der Waals surface area contributed by atoms with E-state index >= 15 is 0 Å². The van der Waals surface area contributed by atoms with Gasteiger partial charge in [0, 0.05) is 5.56 Å². The fraction of sp³-hybridized carbons (Fsp3) is 0.188. The zero-order valence-electron chi connectivity index (χ0n) is 10.7. The summed E-state index contributed by atoms with van der Waals surface area (Å²) in [5.41, 5.74) is 9.17. The van der Waals surface area contributed by atoms with Crippen molar-refractivity contribution >= 4 is 5.91 Å². The van der Waals surface area contributed by atoms with E-state index in [0.29, 0.717) is 11.5 Å². The predicted molar refractivity (Wildman–Crippen MR) is 74.5 cm³/mol. The summed E-state index contributed by atoms with van der Waals surface area (Å²) >= 11 is 0. The minimum absolute atomic E-state index is 0.388. The van der Waals surface area contributed by atoms with Gasteiger partial charge in [0.05, 0.1) is 0 Å². The first-order chi connectivity index (χ1) is 8.59. The maximum Gasteiger partial charge on any atom is 0.249 e. The molecular formula is C16H17NO. The summed E-state index contributed by atoms with van der Waals surface area (Å²) in [4.78, 5) is 11.4. The van der Waals surface area contributed by atoms with Crippen LogP contribution in [0.3, 0.4) is 0 Å². The standard InChI is InChI=1S/C16H17NO/c1-11(2)12-6-5-7-13(10-12)14-8-3-4-9-15(14)16(17)18/h3-11H,1-2H3,(H2,17,18). The molecule has 0 heterocycles. The Hall–Kier alpha value is -2.09. The molecule has 0 spiro atoms. The largest absolute Gasteiger partial charge is 0.366 e. The van der Waals surface area contributed by atoms with Crippen LogP contribution >= 0.6 is 0 Å². The summed E-state index contributed by atoms with van der Waals surface area (Å²) in [5, 5.41) is 0. The molecule has 0 aliphatic heterocycles. The Balaban J connectivity index is 2.55. The molecule has 2 aromatic carbocycles. The van der Waals surface area contributed by atoms with E-state index in [1.54, 1.807) is 6.07 Å². The lowest BCUT2D eigenvalue weighted by Gasteiger charge is -2.10. The van der Waals surface area contributed by atoms with Crippen molar-refractivity contribution in [1.29, 1.82) is 0 Å². The smallest absolute Gasteiger partial charge is 0.249 e. The van der Waals surface area contributed by atoms with Crippen LogP contribution in [0, 0.1) is 0 Å². The summed E-state index contributed by atoms with van der Waals surface area (Å²) in [7, 11) is 0. The van der Waals surface area contributed by atoms with E-state index in [1.807, 2.05) is 30.3 Å². The van der Waals surface area contributed by atoms with Crippen molar-refractivity contribution in [3.05, 3.63) is 59.7 Å². The van der Waals surface area contributed by atoms with Crippen molar-refractivity contribution in [2.75, 3.05) is 0 Å². The van der Waals surface area contributed by atoms with Crippen LogP contribution in [-0.4, -0.2) is 5.91 Å². The Labute approximate surface area is 107 Å². The summed E-state index contributed by atoms with van der Waals surface area (Å²) in [6.07, 6.45) is 0. The highest BCUT2D eigenvalue weighted by Crippen LogP contribution is 2.26. The van der Waals surface area contributed by atoms with Gasteiger partial charge in [-0.15, -0.1) is 0 Å². The Kier molecular flexibility index (Phi) is 3.47. The molecule has 0 fully saturated rings. The molecule has 2 nitrogen and oxygen atoms in total. The zero-order chi connectivity index (χ0) is 13.1. The molecular weight excluding hydrogens is 222 g/mol. The van der Waals surface area contributed by atoms with E-state index < -0.39 is 0 Å². The molecule has 2 heteroatoms. The van der Waals surface area contributed by atoms with Crippen LogP contribution in [0.1, 0.15) is 35.7 Å². The predicted octanol–water partition coefficient (Wildman–Crippen LogP) is 3.58. The number of hydrogen-bond acceptors (Lipinski definition) is 1. The van der Waals surface area contributed by atoms with Gasteiger partial charge in [0.15, 0.2) is 0 Å². The molecule has 0 aliphatic carbocycles. The molecule has 2 N–H and O–H groups in total. The zero-order valence-corrected chi connectivity index (χ0v) is 10.7. The molecule has 0 unspecified atom stereocenters. The van der Waals surface area contributed by atoms with Crippen molar-refractivity contribution in [1.82, 2.24) is 0 Å². The van der Waals surface area contributed by atoms with Crippen molar-refractivity contribution in [3.8, 4) is 11.1 Å². The van der Waals surface area contributed by atoms with Crippen molar-refractivity contribution in [3.63, 3.8) is 0 Å². The van der Waals surface area contributed by atoms with Gasteiger partial charge in [0.1, 0.15) is 0 Å².